The molecule has 0 aliphatic heterocycles. The molecule has 6 nitrogen and oxygen atoms in total. The van der Waals surface area contributed by atoms with Crippen molar-refractivity contribution >= 4 is 40.7 Å². The summed E-state index contributed by atoms with van der Waals surface area (Å²) in [5.74, 6) is -0.248. The summed E-state index contributed by atoms with van der Waals surface area (Å²) in [6.07, 6.45) is 1.46. The number of methoxy groups -OCH3 is 1. The molecule has 2 aromatic carbocycles. The molecule has 142 valence electrons. The molecular weight excluding hydrogens is 378 g/mol. The lowest BCUT2D eigenvalue weighted by atomic mass is 10.1. The molecule has 1 heterocycles. The van der Waals surface area contributed by atoms with Gasteiger partial charge in [0.2, 0.25) is 0 Å². The SMILES string of the molecule is COC(=O)c1ccccc1Nc1ccc(C(=O)Nc2cc(Cl)ccc2C)cn1. The lowest BCUT2D eigenvalue weighted by Gasteiger charge is -2.11. The normalized spacial score (nSPS) is 10.2. The molecule has 0 atom stereocenters. The van der Waals surface area contributed by atoms with Crippen molar-refractivity contribution in [1.29, 1.82) is 0 Å². The van der Waals surface area contributed by atoms with Gasteiger partial charge < -0.3 is 15.4 Å². The molecule has 0 saturated heterocycles. The highest BCUT2D eigenvalue weighted by Gasteiger charge is 2.12. The van der Waals surface area contributed by atoms with Gasteiger partial charge in [-0.25, -0.2) is 9.78 Å². The summed E-state index contributed by atoms with van der Waals surface area (Å²) in [4.78, 5) is 28.6. The molecule has 1 aromatic heterocycles. The standard InChI is InChI=1S/C21H18ClN3O3/c1-13-7-9-15(22)11-18(13)25-20(26)14-8-10-19(23-12-14)24-17-6-4-3-5-16(17)21(27)28-2/h3-12H,1-2H3,(H,23,24)(H,25,26). The fourth-order valence-electron chi connectivity index (χ4n) is 2.54. The van der Waals surface area contributed by atoms with Crippen LogP contribution in [0, 0.1) is 6.92 Å². The van der Waals surface area contributed by atoms with Gasteiger partial charge in [-0.3, -0.25) is 4.79 Å². The van der Waals surface area contributed by atoms with E-state index in [1.54, 1.807) is 48.5 Å². The summed E-state index contributed by atoms with van der Waals surface area (Å²) >= 11 is 5.98. The minimum absolute atomic E-state index is 0.292. The molecule has 0 spiro atoms. The highest BCUT2D eigenvalue weighted by molar-refractivity contribution is 6.31. The minimum atomic E-state index is -0.448. The van der Waals surface area contributed by atoms with Gasteiger partial charge in [-0.15, -0.1) is 0 Å². The number of aryl methyl sites for hydroxylation is 1. The van der Waals surface area contributed by atoms with E-state index in [-0.39, 0.29) is 5.91 Å². The van der Waals surface area contributed by atoms with E-state index in [0.29, 0.717) is 33.3 Å². The summed E-state index contributed by atoms with van der Waals surface area (Å²) in [5, 5.41) is 6.43. The second-order valence-corrected chi connectivity index (χ2v) is 6.44. The zero-order valence-corrected chi connectivity index (χ0v) is 16.1. The second-order valence-electron chi connectivity index (χ2n) is 6.01. The van der Waals surface area contributed by atoms with Crippen molar-refractivity contribution in [2.75, 3.05) is 17.7 Å². The maximum absolute atomic E-state index is 12.5. The topological polar surface area (TPSA) is 80.3 Å². The highest BCUT2D eigenvalue weighted by Crippen LogP contribution is 2.22. The number of hydrogen-bond acceptors (Lipinski definition) is 5. The van der Waals surface area contributed by atoms with Crippen molar-refractivity contribution in [3.8, 4) is 0 Å². The first-order chi connectivity index (χ1) is 13.5. The van der Waals surface area contributed by atoms with Crippen LogP contribution in [0.4, 0.5) is 17.2 Å². The van der Waals surface area contributed by atoms with Crippen LogP contribution in [-0.4, -0.2) is 24.0 Å². The Bertz CT molecular complexity index is 1020. The third-order valence-electron chi connectivity index (χ3n) is 4.07. The summed E-state index contributed by atoms with van der Waals surface area (Å²) in [5.41, 5.74) is 2.90. The molecule has 0 bridgehead atoms. The van der Waals surface area contributed by atoms with Crippen LogP contribution in [0.2, 0.25) is 5.02 Å². The first-order valence-electron chi connectivity index (χ1n) is 8.46. The number of nitrogens with one attached hydrogen (secondary N) is 2. The van der Waals surface area contributed by atoms with E-state index in [1.807, 2.05) is 13.0 Å². The number of nitrogens with zero attached hydrogens (tertiary/aromatic N) is 1. The van der Waals surface area contributed by atoms with Crippen LogP contribution < -0.4 is 10.6 Å². The van der Waals surface area contributed by atoms with Crippen molar-refractivity contribution in [2.24, 2.45) is 0 Å². The summed E-state index contributed by atoms with van der Waals surface area (Å²) < 4.78 is 4.78. The fraction of sp³-hybridized carbons (Fsp3) is 0.0952. The van der Waals surface area contributed by atoms with Crippen molar-refractivity contribution in [3.05, 3.63) is 82.5 Å². The van der Waals surface area contributed by atoms with Gasteiger partial charge in [0.1, 0.15) is 5.82 Å². The lowest BCUT2D eigenvalue weighted by molar-refractivity contribution is 0.0601. The molecule has 0 aliphatic carbocycles. The van der Waals surface area contributed by atoms with Crippen molar-refractivity contribution in [1.82, 2.24) is 4.98 Å². The molecule has 0 radical (unpaired) electrons. The Morgan fingerprint density at radius 1 is 1.04 bits per heavy atom. The Kier molecular flexibility index (Phi) is 5.91. The smallest absolute Gasteiger partial charge is 0.339 e. The molecule has 2 N–H and O–H groups in total. The summed E-state index contributed by atoms with van der Waals surface area (Å²) in [6, 6.07) is 15.5. The second kappa shape index (κ2) is 8.54. The van der Waals surface area contributed by atoms with Gasteiger partial charge in [0.15, 0.2) is 0 Å². The monoisotopic (exact) mass is 395 g/mol. The Morgan fingerprint density at radius 3 is 2.54 bits per heavy atom. The Balaban J connectivity index is 1.74. The van der Waals surface area contributed by atoms with Crippen LogP contribution in [0.1, 0.15) is 26.3 Å². The van der Waals surface area contributed by atoms with Gasteiger partial charge in [-0.1, -0.05) is 29.8 Å². The van der Waals surface area contributed by atoms with E-state index in [1.165, 1.54) is 13.3 Å². The quantitative estimate of drug-likeness (QED) is 0.605. The zero-order chi connectivity index (χ0) is 20.1. The van der Waals surface area contributed by atoms with E-state index in [9.17, 15) is 9.59 Å². The number of para-hydroxylation sites is 1. The van der Waals surface area contributed by atoms with Gasteiger partial charge in [0.25, 0.3) is 5.91 Å². The molecule has 7 heteroatoms. The number of rotatable bonds is 5. The zero-order valence-electron chi connectivity index (χ0n) is 15.3. The number of carbonyl (C=O) groups excluding carboxylic acids is 2. The van der Waals surface area contributed by atoms with E-state index in [4.69, 9.17) is 16.3 Å². The average Bonchev–Trinajstić information content (AvgIpc) is 2.71. The Hall–Kier alpha value is -3.38. The molecule has 0 fully saturated rings. The molecule has 3 aromatic rings. The molecule has 0 aliphatic rings. The first-order valence-corrected chi connectivity index (χ1v) is 8.83. The molecule has 0 unspecified atom stereocenters. The number of ether oxygens (including phenoxy) is 1. The number of hydrogen-bond donors (Lipinski definition) is 2. The maximum Gasteiger partial charge on any atom is 0.339 e. The number of halogens is 1. The molecule has 28 heavy (non-hydrogen) atoms. The highest BCUT2D eigenvalue weighted by atomic mass is 35.5. The minimum Gasteiger partial charge on any atom is -0.465 e. The van der Waals surface area contributed by atoms with Crippen molar-refractivity contribution in [3.63, 3.8) is 0 Å². The number of carbonyl (C=O) groups is 2. The number of benzene rings is 2. The molecular formula is C21H18ClN3O3. The van der Waals surface area contributed by atoms with Crippen LogP contribution in [0.15, 0.2) is 60.8 Å². The van der Waals surface area contributed by atoms with E-state index in [2.05, 4.69) is 15.6 Å². The Labute approximate surface area is 167 Å². The molecule has 0 saturated carbocycles. The van der Waals surface area contributed by atoms with Crippen LogP contribution in [0.3, 0.4) is 0 Å². The van der Waals surface area contributed by atoms with E-state index < -0.39 is 5.97 Å². The predicted octanol–water partition coefficient (Wildman–Crippen LogP) is 4.83. The number of amides is 1. The number of aromatic nitrogens is 1. The third-order valence-corrected chi connectivity index (χ3v) is 4.30. The van der Waals surface area contributed by atoms with Crippen LogP contribution in [0.5, 0.6) is 0 Å². The van der Waals surface area contributed by atoms with Crippen LogP contribution >= 0.6 is 11.6 Å². The summed E-state index contributed by atoms with van der Waals surface area (Å²) in [7, 11) is 1.33. The van der Waals surface area contributed by atoms with Gasteiger partial charge in [-0.05, 0) is 48.9 Å². The predicted molar refractivity (Wildman–Crippen MR) is 109 cm³/mol. The van der Waals surface area contributed by atoms with Crippen LogP contribution in [0.25, 0.3) is 0 Å². The largest absolute Gasteiger partial charge is 0.465 e. The molecule has 3 rings (SSSR count). The molecule has 1 amide bonds. The van der Waals surface area contributed by atoms with Gasteiger partial charge in [0, 0.05) is 16.9 Å². The van der Waals surface area contributed by atoms with E-state index in [0.717, 1.165) is 5.56 Å². The third kappa shape index (κ3) is 4.47. The van der Waals surface area contributed by atoms with Gasteiger partial charge >= 0.3 is 5.97 Å². The van der Waals surface area contributed by atoms with E-state index >= 15 is 0 Å². The summed E-state index contributed by atoms with van der Waals surface area (Å²) in [6.45, 7) is 1.88. The van der Waals surface area contributed by atoms with Crippen LogP contribution in [-0.2, 0) is 4.74 Å². The fourth-order valence-corrected chi connectivity index (χ4v) is 2.72. The number of esters is 1. The van der Waals surface area contributed by atoms with Crippen molar-refractivity contribution < 1.29 is 14.3 Å². The number of pyridine rings is 1. The lowest BCUT2D eigenvalue weighted by Crippen LogP contribution is -2.13. The average molecular weight is 396 g/mol. The number of anilines is 3. The first kappa shape index (κ1) is 19.4. The van der Waals surface area contributed by atoms with Gasteiger partial charge in [-0.2, -0.15) is 0 Å². The Morgan fingerprint density at radius 2 is 1.82 bits per heavy atom. The van der Waals surface area contributed by atoms with Crippen molar-refractivity contribution in [2.45, 2.75) is 6.92 Å². The maximum atomic E-state index is 12.5. The van der Waals surface area contributed by atoms with Gasteiger partial charge in [0.05, 0.1) is 23.9 Å².